The zero-order valence-corrected chi connectivity index (χ0v) is 15.0. The van der Waals surface area contributed by atoms with Crippen LogP contribution in [0.3, 0.4) is 0 Å². The van der Waals surface area contributed by atoms with E-state index < -0.39 is 0 Å². The number of nitrogens with zero attached hydrogens (tertiary/aromatic N) is 1. The van der Waals surface area contributed by atoms with Crippen LogP contribution in [0.1, 0.15) is 40.2 Å². The highest BCUT2D eigenvalue weighted by atomic mass is 16.2. The molecule has 0 aromatic heterocycles. The molecule has 0 radical (unpaired) electrons. The van der Waals surface area contributed by atoms with Gasteiger partial charge in [0.25, 0.3) is 5.91 Å². The second-order valence-electron chi connectivity index (χ2n) is 7.43. The minimum atomic E-state index is -0.189. The van der Waals surface area contributed by atoms with Crippen molar-refractivity contribution >= 4 is 11.8 Å². The molecule has 1 heterocycles. The summed E-state index contributed by atoms with van der Waals surface area (Å²) < 4.78 is 0. The van der Waals surface area contributed by atoms with Crippen molar-refractivity contribution in [1.82, 2.24) is 10.2 Å². The van der Waals surface area contributed by atoms with Crippen molar-refractivity contribution in [3.8, 4) is 0 Å². The summed E-state index contributed by atoms with van der Waals surface area (Å²) in [6.07, 6.45) is 2.14. The third-order valence-corrected chi connectivity index (χ3v) is 5.47. The fraction of sp³-hybridized carbons (Fsp3) is 0.364. The first-order valence-corrected chi connectivity index (χ1v) is 9.33. The molecule has 1 aliphatic carbocycles. The maximum absolute atomic E-state index is 13.0. The van der Waals surface area contributed by atoms with Gasteiger partial charge in [-0.05, 0) is 37.0 Å². The van der Waals surface area contributed by atoms with Crippen molar-refractivity contribution in [3.05, 3.63) is 71.3 Å². The van der Waals surface area contributed by atoms with Crippen LogP contribution in [-0.4, -0.2) is 35.8 Å². The van der Waals surface area contributed by atoms with Gasteiger partial charge in [0.1, 0.15) is 0 Å². The Kier molecular flexibility index (Phi) is 4.49. The van der Waals surface area contributed by atoms with Crippen molar-refractivity contribution in [1.29, 1.82) is 0 Å². The van der Waals surface area contributed by atoms with E-state index in [0.29, 0.717) is 19.1 Å². The number of amides is 2. The lowest BCUT2D eigenvalue weighted by molar-refractivity contribution is -0.125. The van der Waals surface area contributed by atoms with Gasteiger partial charge in [0.05, 0.1) is 5.92 Å². The Hall–Kier alpha value is -2.62. The van der Waals surface area contributed by atoms with Gasteiger partial charge >= 0.3 is 0 Å². The summed E-state index contributed by atoms with van der Waals surface area (Å²) in [7, 11) is 0. The largest absolute Gasteiger partial charge is 0.353 e. The molecule has 1 saturated carbocycles. The van der Waals surface area contributed by atoms with Crippen LogP contribution in [-0.2, 0) is 4.79 Å². The number of hydrogen-bond acceptors (Lipinski definition) is 2. The molecule has 2 aromatic rings. The van der Waals surface area contributed by atoms with Crippen LogP contribution in [0.4, 0.5) is 0 Å². The molecule has 4 rings (SSSR count). The Morgan fingerprint density at radius 3 is 2.35 bits per heavy atom. The first-order chi connectivity index (χ1) is 12.6. The predicted molar refractivity (Wildman–Crippen MR) is 101 cm³/mol. The van der Waals surface area contributed by atoms with Gasteiger partial charge in [0, 0.05) is 30.6 Å². The van der Waals surface area contributed by atoms with E-state index in [1.807, 2.05) is 54.3 Å². The molecule has 4 nitrogen and oxygen atoms in total. The Bertz CT molecular complexity index is 814. The highest BCUT2D eigenvalue weighted by molar-refractivity contribution is 5.96. The van der Waals surface area contributed by atoms with Gasteiger partial charge in [0.15, 0.2) is 0 Å². The van der Waals surface area contributed by atoms with Crippen LogP contribution in [0, 0.1) is 12.8 Å². The second kappa shape index (κ2) is 6.94. The third-order valence-electron chi connectivity index (χ3n) is 5.47. The summed E-state index contributed by atoms with van der Waals surface area (Å²) in [4.78, 5) is 27.7. The van der Waals surface area contributed by atoms with Gasteiger partial charge in [-0.15, -0.1) is 0 Å². The molecule has 1 aliphatic heterocycles. The van der Waals surface area contributed by atoms with Crippen molar-refractivity contribution in [2.75, 3.05) is 13.1 Å². The molecule has 4 heteroatoms. The molecule has 1 N–H and O–H groups in total. The van der Waals surface area contributed by atoms with Gasteiger partial charge in [-0.25, -0.2) is 0 Å². The number of likely N-dealkylation sites (tertiary alicyclic amines) is 1. The molecular formula is C22H24N2O2. The molecule has 2 atom stereocenters. The fourth-order valence-electron chi connectivity index (χ4n) is 3.79. The topological polar surface area (TPSA) is 49.4 Å². The molecule has 1 saturated heterocycles. The molecule has 2 aliphatic rings. The van der Waals surface area contributed by atoms with E-state index in [2.05, 4.69) is 17.4 Å². The van der Waals surface area contributed by atoms with Gasteiger partial charge in [-0.1, -0.05) is 48.5 Å². The summed E-state index contributed by atoms with van der Waals surface area (Å²) >= 11 is 0. The maximum atomic E-state index is 13.0. The quantitative estimate of drug-likeness (QED) is 0.923. The van der Waals surface area contributed by atoms with E-state index in [9.17, 15) is 9.59 Å². The lowest BCUT2D eigenvalue weighted by Crippen LogP contribution is -2.36. The molecule has 0 bridgehead atoms. The summed E-state index contributed by atoms with van der Waals surface area (Å²) in [5, 5.41) is 3.13. The SMILES string of the molecule is Cc1ccccc1C(=O)N1C[C@H](c2ccccc2)[C@H](C(=O)NC2CC2)C1. The lowest BCUT2D eigenvalue weighted by atomic mass is 9.88. The Morgan fingerprint density at radius 2 is 1.65 bits per heavy atom. The molecule has 134 valence electrons. The van der Waals surface area contributed by atoms with E-state index in [0.717, 1.165) is 29.5 Å². The zero-order chi connectivity index (χ0) is 18.1. The molecule has 0 unspecified atom stereocenters. The molecule has 26 heavy (non-hydrogen) atoms. The summed E-state index contributed by atoms with van der Waals surface area (Å²) in [6.45, 7) is 3.01. The van der Waals surface area contributed by atoms with Crippen molar-refractivity contribution in [2.45, 2.75) is 31.7 Å². The molecular weight excluding hydrogens is 324 g/mol. The Morgan fingerprint density at radius 1 is 0.962 bits per heavy atom. The lowest BCUT2D eigenvalue weighted by Gasteiger charge is -2.18. The fourth-order valence-corrected chi connectivity index (χ4v) is 3.79. The first kappa shape index (κ1) is 16.8. The van der Waals surface area contributed by atoms with Crippen LogP contribution in [0.5, 0.6) is 0 Å². The molecule has 2 aromatic carbocycles. The number of carbonyl (C=O) groups excluding carboxylic acids is 2. The normalized spacial score (nSPS) is 22.3. The highest BCUT2D eigenvalue weighted by Crippen LogP contribution is 2.34. The van der Waals surface area contributed by atoms with Crippen LogP contribution >= 0.6 is 0 Å². The minimum absolute atomic E-state index is 0.0192. The van der Waals surface area contributed by atoms with Crippen molar-refractivity contribution in [2.24, 2.45) is 5.92 Å². The molecule has 2 amide bonds. The summed E-state index contributed by atoms with van der Waals surface area (Å²) in [5.41, 5.74) is 2.82. The van der Waals surface area contributed by atoms with Crippen molar-refractivity contribution < 1.29 is 9.59 Å². The van der Waals surface area contributed by atoms with E-state index >= 15 is 0 Å². The van der Waals surface area contributed by atoms with Crippen molar-refractivity contribution in [3.63, 3.8) is 0 Å². The number of nitrogens with one attached hydrogen (secondary N) is 1. The predicted octanol–water partition coefficient (Wildman–Crippen LogP) is 3.13. The zero-order valence-electron chi connectivity index (χ0n) is 15.0. The van der Waals surface area contributed by atoms with Gasteiger partial charge < -0.3 is 10.2 Å². The van der Waals surface area contributed by atoms with Crippen LogP contribution < -0.4 is 5.32 Å². The standard InChI is InChI=1S/C22H24N2O2/c1-15-7-5-6-10-18(15)22(26)24-13-19(16-8-3-2-4-9-16)20(14-24)21(25)23-17-11-12-17/h2-10,17,19-20H,11-14H2,1H3,(H,23,25)/t19-,20-/m1/s1. The van der Waals surface area contributed by atoms with E-state index in [1.165, 1.54) is 0 Å². The van der Waals surface area contributed by atoms with Gasteiger partial charge in [-0.3, -0.25) is 9.59 Å². The van der Waals surface area contributed by atoms with Crippen LogP contribution in [0.15, 0.2) is 54.6 Å². The maximum Gasteiger partial charge on any atom is 0.254 e. The Balaban J connectivity index is 1.59. The second-order valence-corrected chi connectivity index (χ2v) is 7.43. The van der Waals surface area contributed by atoms with E-state index in [1.54, 1.807) is 0 Å². The Labute approximate surface area is 154 Å². The highest BCUT2D eigenvalue weighted by Gasteiger charge is 2.41. The molecule has 2 fully saturated rings. The monoisotopic (exact) mass is 348 g/mol. The minimum Gasteiger partial charge on any atom is -0.353 e. The smallest absolute Gasteiger partial charge is 0.254 e. The average Bonchev–Trinajstić information content (AvgIpc) is 3.36. The van der Waals surface area contributed by atoms with E-state index in [-0.39, 0.29) is 23.7 Å². The van der Waals surface area contributed by atoms with Crippen LogP contribution in [0.25, 0.3) is 0 Å². The number of hydrogen-bond donors (Lipinski definition) is 1. The number of carbonyl (C=O) groups is 2. The summed E-state index contributed by atoms with van der Waals surface area (Å²) in [5.74, 6) is -0.0407. The number of aryl methyl sites for hydroxylation is 1. The van der Waals surface area contributed by atoms with Gasteiger partial charge in [0.2, 0.25) is 5.91 Å². The average molecular weight is 348 g/mol. The summed E-state index contributed by atoms with van der Waals surface area (Å²) in [6, 6.07) is 18.1. The van der Waals surface area contributed by atoms with E-state index in [4.69, 9.17) is 0 Å². The number of benzene rings is 2. The van der Waals surface area contributed by atoms with Gasteiger partial charge in [-0.2, -0.15) is 0 Å². The third kappa shape index (κ3) is 3.36. The number of rotatable bonds is 4. The first-order valence-electron chi connectivity index (χ1n) is 9.33. The molecule has 0 spiro atoms. The van der Waals surface area contributed by atoms with Crippen LogP contribution in [0.2, 0.25) is 0 Å².